The lowest BCUT2D eigenvalue weighted by Gasteiger charge is -2.17. The van der Waals surface area contributed by atoms with Crippen LogP contribution in [0.2, 0.25) is 0 Å². The number of rotatable bonds is 2. The second kappa shape index (κ2) is 5.30. The molecule has 0 bridgehead atoms. The zero-order chi connectivity index (χ0) is 14.9. The lowest BCUT2D eigenvalue weighted by Crippen LogP contribution is -2.25. The monoisotopic (exact) mass is 293 g/mol. The summed E-state index contributed by atoms with van der Waals surface area (Å²) < 4.78 is 13.6. The molecule has 0 amide bonds. The summed E-state index contributed by atoms with van der Waals surface area (Å²) in [4.78, 5) is 4.42. The van der Waals surface area contributed by atoms with Crippen molar-refractivity contribution in [2.45, 2.75) is 12.8 Å². The Morgan fingerprint density at radius 3 is 2.82 bits per heavy atom. The van der Waals surface area contributed by atoms with E-state index in [4.69, 9.17) is 9.15 Å². The number of oxazole rings is 1. The van der Waals surface area contributed by atoms with Gasteiger partial charge in [-0.2, -0.15) is 0 Å². The van der Waals surface area contributed by atoms with E-state index in [1.807, 2.05) is 48.3 Å². The van der Waals surface area contributed by atoms with Gasteiger partial charge in [0.15, 0.2) is 18.2 Å². The van der Waals surface area contributed by atoms with Gasteiger partial charge in [0.2, 0.25) is 5.89 Å². The molecule has 0 aliphatic carbocycles. The number of aromatic nitrogens is 2. The number of fused-ring (bicyclic) bond motifs is 1. The quantitative estimate of drug-likeness (QED) is 0.681. The molecule has 0 atom stereocenters. The molecule has 0 saturated heterocycles. The van der Waals surface area contributed by atoms with Gasteiger partial charge in [0.25, 0.3) is 0 Å². The minimum atomic E-state index is 0.650. The predicted molar refractivity (Wildman–Crippen MR) is 82.4 cm³/mol. The van der Waals surface area contributed by atoms with Crippen LogP contribution in [0.25, 0.3) is 22.8 Å². The van der Waals surface area contributed by atoms with E-state index in [9.17, 15) is 0 Å². The van der Waals surface area contributed by atoms with E-state index in [-0.39, 0.29) is 0 Å². The van der Waals surface area contributed by atoms with Crippen LogP contribution in [0.4, 0.5) is 0 Å². The summed E-state index contributed by atoms with van der Waals surface area (Å²) >= 11 is 0. The third-order valence-electron chi connectivity index (χ3n) is 3.92. The van der Waals surface area contributed by atoms with Gasteiger partial charge < -0.3 is 9.15 Å². The summed E-state index contributed by atoms with van der Waals surface area (Å²) in [5.74, 6) is 2.42. The molecule has 0 fully saturated rings. The van der Waals surface area contributed by atoms with Crippen molar-refractivity contribution in [1.29, 1.82) is 0 Å². The van der Waals surface area contributed by atoms with E-state index in [0.717, 1.165) is 42.1 Å². The van der Waals surface area contributed by atoms with Crippen LogP contribution in [0.3, 0.4) is 0 Å². The number of nitrogens with zero attached hydrogens (tertiary/aromatic N) is 2. The first-order valence-corrected chi connectivity index (χ1v) is 7.47. The van der Waals surface area contributed by atoms with Crippen molar-refractivity contribution in [3.63, 3.8) is 0 Å². The molecule has 0 spiro atoms. The highest BCUT2D eigenvalue weighted by atomic mass is 16.5. The molecule has 22 heavy (non-hydrogen) atoms. The number of hydrogen-bond donors (Lipinski definition) is 0. The van der Waals surface area contributed by atoms with Crippen molar-refractivity contribution in [2.75, 3.05) is 6.61 Å². The number of pyridine rings is 1. The summed E-state index contributed by atoms with van der Waals surface area (Å²) in [6.07, 6.45) is 7.88. The van der Waals surface area contributed by atoms with Crippen molar-refractivity contribution in [2.24, 2.45) is 7.05 Å². The Kier molecular flexibility index (Phi) is 3.15. The van der Waals surface area contributed by atoms with Crippen molar-refractivity contribution in [1.82, 2.24) is 4.98 Å². The lowest BCUT2D eigenvalue weighted by molar-refractivity contribution is -0.671. The maximum absolute atomic E-state index is 5.93. The van der Waals surface area contributed by atoms with Crippen LogP contribution in [0.5, 0.6) is 5.75 Å². The third-order valence-corrected chi connectivity index (χ3v) is 3.92. The van der Waals surface area contributed by atoms with Crippen LogP contribution >= 0.6 is 0 Å². The Morgan fingerprint density at radius 2 is 1.95 bits per heavy atom. The molecule has 2 aromatic heterocycles. The number of benzene rings is 1. The van der Waals surface area contributed by atoms with Crippen LogP contribution < -0.4 is 9.30 Å². The molecule has 0 unspecified atom stereocenters. The van der Waals surface area contributed by atoms with E-state index in [2.05, 4.69) is 11.1 Å². The van der Waals surface area contributed by atoms with Crippen molar-refractivity contribution < 1.29 is 13.7 Å². The Balaban J connectivity index is 1.68. The highest BCUT2D eigenvalue weighted by Gasteiger charge is 2.14. The van der Waals surface area contributed by atoms with Gasteiger partial charge in [0, 0.05) is 23.3 Å². The molecule has 4 nitrogen and oxygen atoms in total. The van der Waals surface area contributed by atoms with Gasteiger partial charge in [-0.05, 0) is 36.6 Å². The zero-order valence-corrected chi connectivity index (χ0v) is 12.5. The fraction of sp³-hybridized carbons (Fsp3) is 0.222. The maximum atomic E-state index is 5.93. The Morgan fingerprint density at radius 1 is 1.09 bits per heavy atom. The molecule has 1 aliphatic heterocycles. The SMILES string of the molecule is C[n+]1ccc(-c2cnc(-c3ccc4c(c3)CCCO4)o2)cc1. The minimum Gasteiger partial charge on any atom is -0.493 e. The van der Waals surface area contributed by atoms with Gasteiger partial charge in [0.05, 0.1) is 12.8 Å². The van der Waals surface area contributed by atoms with Crippen LogP contribution in [0.15, 0.2) is 53.3 Å². The van der Waals surface area contributed by atoms with E-state index >= 15 is 0 Å². The third kappa shape index (κ3) is 2.37. The first-order valence-electron chi connectivity index (χ1n) is 7.47. The Hall–Kier alpha value is -2.62. The molecule has 4 rings (SSSR count). The number of hydrogen-bond acceptors (Lipinski definition) is 3. The fourth-order valence-corrected chi connectivity index (χ4v) is 2.70. The van der Waals surface area contributed by atoms with Crippen molar-refractivity contribution >= 4 is 0 Å². The molecule has 1 aromatic carbocycles. The van der Waals surface area contributed by atoms with Gasteiger partial charge in [-0.1, -0.05) is 0 Å². The predicted octanol–water partition coefficient (Wildman–Crippen LogP) is 3.16. The molecule has 110 valence electrons. The maximum Gasteiger partial charge on any atom is 0.226 e. The normalized spacial score (nSPS) is 13.5. The second-order valence-corrected chi connectivity index (χ2v) is 5.56. The molecule has 4 heteroatoms. The summed E-state index contributed by atoms with van der Waals surface area (Å²) in [5, 5.41) is 0. The molecule has 1 aliphatic rings. The van der Waals surface area contributed by atoms with Crippen molar-refractivity contribution in [3.05, 3.63) is 54.5 Å². The average Bonchev–Trinajstić information content (AvgIpc) is 3.05. The molecule has 0 saturated carbocycles. The average molecular weight is 293 g/mol. The van der Waals surface area contributed by atoms with Gasteiger partial charge in [-0.25, -0.2) is 9.55 Å². The summed E-state index contributed by atoms with van der Waals surface area (Å²) in [6.45, 7) is 0.806. The lowest BCUT2D eigenvalue weighted by atomic mass is 10.0. The van der Waals surface area contributed by atoms with Crippen LogP contribution in [0, 0.1) is 0 Å². The van der Waals surface area contributed by atoms with E-state index in [1.165, 1.54) is 5.56 Å². The van der Waals surface area contributed by atoms with Gasteiger partial charge in [0.1, 0.15) is 12.8 Å². The van der Waals surface area contributed by atoms with E-state index in [0.29, 0.717) is 5.89 Å². The highest BCUT2D eigenvalue weighted by Crippen LogP contribution is 2.31. The number of ether oxygens (including phenoxy) is 1. The van der Waals surface area contributed by atoms with Crippen LogP contribution in [0.1, 0.15) is 12.0 Å². The molecular formula is C18H17N2O2+. The number of aryl methyl sites for hydroxylation is 2. The van der Waals surface area contributed by atoms with Gasteiger partial charge in [-0.3, -0.25) is 0 Å². The molecule has 0 radical (unpaired) electrons. The van der Waals surface area contributed by atoms with Gasteiger partial charge in [-0.15, -0.1) is 0 Å². The van der Waals surface area contributed by atoms with Gasteiger partial charge >= 0.3 is 0 Å². The smallest absolute Gasteiger partial charge is 0.226 e. The summed E-state index contributed by atoms with van der Waals surface area (Å²) in [5.41, 5.74) is 3.25. The first-order chi connectivity index (χ1) is 10.8. The fourth-order valence-electron chi connectivity index (χ4n) is 2.70. The summed E-state index contributed by atoms with van der Waals surface area (Å²) in [6, 6.07) is 10.2. The molecular weight excluding hydrogens is 276 g/mol. The highest BCUT2D eigenvalue weighted by molar-refractivity contribution is 5.62. The minimum absolute atomic E-state index is 0.650. The summed E-state index contributed by atoms with van der Waals surface area (Å²) in [7, 11) is 1.99. The van der Waals surface area contributed by atoms with Crippen LogP contribution in [-0.4, -0.2) is 11.6 Å². The topological polar surface area (TPSA) is 39.1 Å². The second-order valence-electron chi connectivity index (χ2n) is 5.56. The first kappa shape index (κ1) is 13.1. The van der Waals surface area contributed by atoms with E-state index in [1.54, 1.807) is 6.20 Å². The molecule has 0 N–H and O–H groups in total. The van der Waals surface area contributed by atoms with Crippen LogP contribution in [-0.2, 0) is 13.5 Å². The Bertz CT molecular complexity index is 806. The largest absolute Gasteiger partial charge is 0.493 e. The zero-order valence-electron chi connectivity index (χ0n) is 12.5. The Labute approximate surface area is 129 Å². The van der Waals surface area contributed by atoms with Crippen molar-refractivity contribution in [3.8, 4) is 28.5 Å². The standard InChI is InChI=1S/C18H17N2O2/c1-20-8-6-13(7-9-20)17-12-19-18(22-17)15-4-5-16-14(11-15)3-2-10-21-16/h4-9,11-12H,2-3,10H2,1H3/q+1. The molecule has 3 aromatic rings. The molecule has 3 heterocycles. The van der Waals surface area contributed by atoms with E-state index < -0.39 is 0 Å².